The van der Waals surface area contributed by atoms with Crippen LogP contribution in [0.25, 0.3) is 0 Å². The van der Waals surface area contributed by atoms with Crippen molar-refractivity contribution in [2.45, 2.75) is 12.8 Å². The van der Waals surface area contributed by atoms with E-state index in [9.17, 15) is 14.0 Å². The fourth-order valence-corrected chi connectivity index (χ4v) is 2.36. The minimum atomic E-state index is -0.974. The number of rotatable bonds is 7. The molecule has 1 saturated carbocycles. The first-order chi connectivity index (χ1) is 9.94. The molecule has 0 radical (unpaired) electrons. The van der Waals surface area contributed by atoms with Crippen LogP contribution in [-0.2, 0) is 9.59 Å². The molecule has 0 aromatic heterocycles. The molecular weight excluding hydrogens is 343 g/mol. The molecule has 1 aromatic rings. The molecule has 0 saturated heterocycles. The van der Waals surface area contributed by atoms with E-state index in [4.69, 9.17) is 5.11 Å². The molecule has 0 atom stereocenters. The van der Waals surface area contributed by atoms with Gasteiger partial charge in [0.15, 0.2) is 0 Å². The molecule has 1 amide bonds. The summed E-state index contributed by atoms with van der Waals surface area (Å²) >= 11 is 3.14. The largest absolute Gasteiger partial charge is 0.480 e. The zero-order valence-corrected chi connectivity index (χ0v) is 12.9. The van der Waals surface area contributed by atoms with Crippen molar-refractivity contribution in [2.75, 3.05) is 25.0 Å². The molecule has 2 N–H and O–H groups in total. The maximum absolute atomic E-state index is 13.6. The predicted molar refractivity (Wildman–Crippen MR) is 79.5 cm³/mol. The van der Waals surface area contributed by atoms with Crippen molar-refractivity contribution in [3.8, 4) is 0 Å². The van der Waals surface area contributed by atoms with Gasteiger partial charge in [-0.2, -0.15) is 0 Å². The third-order valence-electron chi connectivity index (χ3n) is 3.14. The number of hydrogen-bond acceptors (Lipinski definition) is 3. The van der Waals surface area contributed by atoms with Gasteiger partial charge in [-0.3, -0.25) is 14.5 Å². The van der Waals surface area contributed by atoms with Gasteiger partial charge in [-0.25, -0.2) is 4.39 Å². The van der Waals surface area contributed by atoms with Crippen LogP contribution < -0.4 is 5.32 Å². The minimum Gasteiger partial charge on any atom is -0.480 e. The van der Waals surface area contributed by atoms with E-state index < -0.39 is 17.7 Å². The highest BCUT2D eigenvalue weighted by atomic mass is 79.9. The van der Waals surface area contributed by atoms with Crippen molar-refractivity contribution >= 4 is 33.5 Å². The number of carbonyl (C=O) groups excluding carboxylic acids is 1. The molecule has 0 aliphatic heterocycles. The molecular formula is C14H16BrFN2O3. The summed E-state index contributed by atoms with van der Waals surface area (Å²) in [6, 6.07) is 4.34. The average molecular weight is 359 g/mol. The highest BCUT2D eigenvalue weighted by Gasteiger charge is 2.26. The number of hydrogen-bond donors (Lipinski definition) is 2. The van der Waals surface area contributed by atoms with Crippen LogP contribution in [0.15, 0.2) is 22.7 Å². The molecule has 0 unspecified atom stereocenters. The van der Waals surface area contributed by atoms with Gasteiger partial charge in [-0.1, -0.05) is 15.9 Å². The summed E-state index contributed by atoms with van der Waals surface area (Å²) in [5.41, 5.74) is 0.0879. The van der Waals surface area contributed by atoms with Gasteiger partial charge in [0.2, 0.25) is 5.91 Å². The summed E-state index contributed by atoms with van der Waals surface area (Å²) < 4.78 is 14.2. The van der Waals surface area contributed by atoms with Crippen LogP contribution in [0.1, 0.15) is 12.8 Å². The van der Waals surface area contributed by atoms with E-state index in [1.54, 1.807) is 11.0 Å². The van der Waals surface area contributed by atoms with Crippen LogP contribution in [0.2, 0.25) is 0 Å². The number of nitrogens with one attached hydrogen (secondary N) is 1. The van der Waals surface area contributed by atoms with E-state index in [2.05, 4.69) is 21.2 Å². The van der Waals surface area contributed by atoms with Crippen molar-refractivity contribution in [3.05, 3.63) is 28.5 Å². The molecule has 1 aromatic carbocycles. The maximum Gasteiger partial charge on any atom is 0.317 e. The number of benzene rings is 1. The Kier molecular flexibility index (Phi) is 5.30. The minimum absolute atomic E-state index is 0.0572. The number of carbonyl (C=O) groups is 2. The molecule has 2 rings (SSSR count). The van der Waals surface area contributed by atoms with Gasteiger partial charge in [-0.05, 0) is 37.0 Å². The summed E-state index contributed by atoms with van der Waals surface area (Å²) in [5, 5.41) is 11.3. The zero-order valence-electron chi connectivity index (χ0n) is 11.3. The quantitative estimate of drug-likeness (QED) is 0.784. The van der Waals surface area contributed by atoms with Gasteiger partial charge in [0.25, 0.3) is 0 Å². The Morgan fingerprint density at radius 1 is 1.38 bits per heavy atom. The molecule has 7 heteroatoms. The van der Waals surface area contributed by atoms with Crippen molar-refractivity contribution in [3.63, 3.8) is 0 Å². The Balaban J connectivity index is 1.92. The molecule has 0 heterocycles. The number of aliphatic carboxylic acids is 1. The van der Waals surface area contributed by atoms with E-state index in [0.717, 1.165) is 12.8 Å². The number of amides is 1. The highest BCUT2D eigenvalue weighted by Crippen LogP contribution is 2.29. The number of anilines is 1. The van der Waals surface area contributed by atoms with Crippen LogP contribution >= 0.6 is 15.9 Å². The first kappa shape index (κ1) is 15.9. The van der Waals surface area contributed by atoms with Crippen LogP contribution in [0.5, 0.6) is 0 Å². The summed E-state index contributed by atoms with van der Waals surface area (Å²) in [6.45, 7) is 0.341. The van der Waals surface area contributed by atoms with Crippen molar-refractivity contribution in [1.82, 2.24) is 4.90 Å². The van der Waals surface area contributed by atoms with E-state index in [0.29, 0.717) is 16.9 Å². The van der Waals surface area contributed by atoms with Gasteiger partial charge < -0.3 is 10.4 Å². The molecule has 0 spiro atoms. The van der Waals surface area contributed by atoms with Gasteiger partial charge >= 0.3 is 5.97 Å². The van der Waals surface area contributed by atoms with Crippen LogP contribution in [0.4, 0.5) is 10.1 Å². The lowest BCUT2D eigenvalue weighted by molar-refractivity contribution is -0.138. The fourth-order valence-electron chi connectivity index (χ4n) is 2.03. The van der Waals surface area contributed by atoms with Crippen LogP contribution in [0, 0.1) is 11.7 Å². The summed E-state index contributed by atoms with van der Waals surface area (Å²) in [4.78, 5) is 24.3. The second-order valence-electron chi connectivity index (χ2n) is 5.18. The SMILES string of the molecule is O=C(O)CN(CC(=O)Nc1ccc(Br)cc1F)CC1CC1. The Morgan fingerprint density at radius 3 is 2.67 bits per heavy atom. The molecule has 0 bridgehead atoms. The normalized spacial score (nSPS) is 14.2. The van der Waals surface area contributed by atoms with Crippen LogP contribution in [0.3, 0.4) is 0 Å². The van der Waals surface area contributed by atoms with E-state index in [1.807, 2.05) is 0 Å². The van der Waals surface area contributed by atoms with Gasteiger partial charge in [0.1, 0.15) is 5.82 Å². The Labute approximate surface area is 130 Å². The summed E-state index contributed by atoms with van der Waals surface area (Å²) in [5.74, 6) is -1.46. The summed E-state index contributed by atoms with van der Waals surface area (Å²) in [7, 11) is 0. The third kappa shape index (κ3) is 5.43. The van der Waals surface area contributed by atoms with E-state index in [1.165, 1.54) is 12.1 Å². The molecule has 114 valence electrons. The van der Waals surface area contributed by atoms with Crippen LogP contribution in [-0.4, -0.2) is 41.5 Å². The molecule has 21 heavy (non-hydrogen) atoms. The standard InChI is InChI=1S/C14H16BrFN2O3/c15-10-3-4-12(11(16)5-10)17-13(19)7-18(8-14(20)21)6-9-1-2-9/h3-5,9H,1-2,6-8H2,(H,17,19)(H,20,21). The number of carboxylic acids is 1. The van der Waals surface area contributed by atoms with Crippen molar-refractivity contribution in [1.29, 1.82) is 0 Å². The lowest BCUT2D eigenvalue weighted by atomic mass is 10.3. The predicted octanol–water partition coefficient (Wildman–Crippen LogP) is 2.32. The fraction of sp³-hybridized carbons (Fsp3) is 0.429. The van der Waals surface area contributed by atoms with Gasteiger partial charge in [0.05, 0.1) is 18.8 Å². The smallest absolute Gasteiger partial charge is 0.317 e. The molecule has 1 aliphatic rings. The topological polar surface area (TPSA) is 69.6 Å². The monoisotopic (exact) mass is 358 g/mol. The molecule has 5 nitrogen and oxygen atoms in total. The Hall–Kier alpha value is -1.47. The Bertz CT molecular complexity index is 549. The lowest BCUT2D eigenvalue weighted by Crippen LogP contribution is -2.38. The van der Waals surface area contributed by atoms with E-state index >= 15 is 0 Å². The summed E-state index contributed by atoms with van der Waals surface area (Å²) in [6.07, 6.45) is 2.14. The van der Waals surface area contributed by atoms with Crippen molar-refractivity contribution < 1.29 is 19.1 Å². The van der Waals surface area contributed by atoms with Gasteiger partial charge in [0, 0.05) is 11.0 Å². The molecule has 1 aliphatic carbocycles. The van der Waals surface area contributed by atoms with E-state index in [-0.39, 0.29) is 18.8 Å². The number of halogens is 2. The lowest BCUT2D eigenvalue weighted by Gasteiger charge is -2.19. The Morgan fingerprint density at radius 2 is 2.10 bits per heavy atom. The maximum atomic E-state index is 13.6. The average Bonchev–Trinajstić information content (AvgIpc) is 3.15. The second-order valence-corrected chi connectivity index (χ2v) is 6.09. The molecule has 1 fully saturated rings. The second kappa shape index (κ2) is 7.00. The number of carboxylic acid groups (broad SMARTS) is 1. The highest BCUT2D eigenvalue weighted by molar-refractivity contribution is 9.10. The zero-order chi connectivity index (χ0) is 15.4. The number of nitrogens with zero attached hydrogens (tertiary/aromatic N) is 1. The van der Waals surface area contributed by atoms with Crippen molar-refractivity contribution in [2.24, 2.45) is 5.92 Å². The first-order valence-electron chi connectivity index (χ1n) is 6.63. The first-order valence-corrected chi connectivity index (χ1v) is 7.42. The third-order valence-corrected chi connectivity index (χ3v) is 3.64. The van der Waals surface area contributed by atoms with Gasteiger partial charge in [-0.15, -0.1) is 0 Å².